The number of hydrogen-bond acceptors (Lipinski definition) is 4. The lowest BCUT2D eigenvalue weighted by Crippen LogP contribution is -2.64. The first-order chi connectivity index (χ1) is 20.7. The Morgan fingerprint density at radius 3 is 1.67 bits per heavy atom. The fraction of sp³-hybridized carbons (Fsp3) is 0.222. The third-order valence-corrected chi connectivity index (χ3v) is 14.0. The van der Waals surface area contributed by atoms with E-state index in [0.29, 0.717) is 11.7 Å². The van der Waals surface area contributed by atoms with Gasteiger partial charge in [-0.2, -0.15) is 0 Å². The van der Waals surface area contributed by atoms with E-state index in [4.69, 9.17) is 4.74 Å². The van der Waals surface area contributed by atoms with Crippen molar-refractivity contribution < 1.29 is 18.5 Å². The van der Waals surface area contributed by atoms with Gasteiger partial charge in [-0.05, 0) is 62.7 Å². The van der Waals surface area contributed by atoms with Crippen LogP contribution in [0.4, 0.5) is 0 Å². The van der Waals surface area contributed by atoms with Gasteiger partial charge in [0, 0.05) is 5.57 Å². The molecule has 1 fully saturated rings. The highest BCUT2D eigenvalue weighted by molar-refractivity contribution is 7.96. The van der Waals surface area contributed by atoms with Crippen LogP contribution in [0, 0.1) is 0 Å². The Hall–Kier alpha value is -3.86. The van der Waals surface area contributed by atoms with Crippen LogP contribution >= 0.6 is 7.26 Å². The molecule has 5 nitrogen and oxygen atoms in total. The van der Waals surface area contributed by atoms with E-state index in [1.807, 2.05) is 106 Å². The molecule has 4 aromatic carbocycles. The minimum Gasteiger partial charge on any atom is -0.455 e. The van der Waals surface area contributed by atoms with Crippen LogP contribution in [0.15, 0.2) is 133 Å². The molecule has 1 saturated heterocycles. The van der Waals surface area contributed by atoms with Crippen LogP contribution < -0.4 is 15.9 Å². The van der Waals surface area contributed by atoms with Gasteiger partial charge in [0.2, 0.25) is 5.91 Å². The van der Waals surface area contributed by atoms with Crippen molar-refractivity contribution in [3.8, 4) is 0 Å². The van der Waals surface area contributed by atoms with E-state index in [-0.39, 0.29) is 17.4 Å². The topological polar surface area (TPSA) is 63.7 Å². The standard InChI is InChI=1S/C36H35NO4PS/c1-36(2,3)41-35(39)32-27(25-43(40)34-31(33(38)37(32)34)26-16-8-4-9-17-26)24-42(28-18-10-5-11-19-28,29-20-12-6-13-21-29)30-22-14-7-15-23-30/h4-23,31,34H,24-25H2,1-3H3/q+1/t31-,34-,43?/m1/s1. The molecule has 4 aromatic rings. The summed E-state index contributed by atoms with van der Waals surface area (Å²) >= 11 is 0. The highest BCUT2D eigenvalue weighted by Crippen LogP contribution is 2.58. The van der Waals surface area contributed by atoms with E-state index in [2.05, 4.69) is 36.4 Å². The molecule has 0 N–H and O–H groups in total. The smallest absolute Gasteiger partial charge is 0.355 e. The van der Waals surface area contributed by atoms with Crippen LogP contribution in [0.3, 0.4) is 0 Å². The Kier molecular flexibility index (Phi) is 7.93. The zero-order chi connectivity index (χ0) is 30.2. The molecule has 2 aliphatic rings. The van der Waals surface area contributed by atoms with E-state index < -0.39 is 40.9 Å². The third-order valence-electron chi connectivity index (χ3n) is 7.97. The molecule has 43 heavy (non-hydrogen) atoms. The highest BCUT2D eigenvalue weighted by atomic mass is 32.2. The van der Waals surface area contributed by atoms with Crippen molar-refractivity contribution in [1.82, 2.24) is 4.90 Å². The SMILES string of the molecule is CC(C)(C)OC(=O)C1=C(C[P+](c2ccccc2)(c2ccccc2)c2ccccc2)CS(=O)[C@@H]2[C@H](c3ccccc3)C(=O)N12. The van der Waals surface area contributed by atoms with Gasteiger partial charge >= 0.3 is 5.97 Å². The number of rotatable bonds is 7. The van der Waals surface area contributed by atoms with Gasteiger partial charge in [-0.15, -0.1) is 0 Å². The number of esters is 1. The molecule has 0 bridgehead atoms. The molecule has 2 heterocycles. The normalized spacial score (nSPS) is 20.3. The number of hydrogen-bond donors (Lipinski definition) is 0. The number of carbonyl (C=O) groups excluding carboxylic acids is 2. The van der Waals surface area contributed by atoms with Crippen molar-refractivity contribution in [2.75, 3.05) is 11.9 Å². The van der Waals surface area contributed by atoms with Crippen molar-refractivity contribution in [2.45, 2.75) is 37.7 Å². The second kappa shape index (κ2) is 11.7. The monoisotopic (exact) mass is 608 g/mol. The maximum Gasteiger partial charge on any atom is 0.355 e. The highest BCUT2D eigenvalue weighted by Gasteiger charge is 2.59. The van der Waals surface area contributed by atoms with Crippen LogP contribution in [0.5, 0.6) is 0 Å². The molecule has 0 aliphatic carbocycles. The number of ether oxygens (including phenoxy) is 1. The average molecular weight is 609 g/mol. The molecule has 2 aliphatic heterocycles. The second-order valence-electron chi connectivity index (χ2n) is 11.9. The first kappa shape index (κ1) is 29.2. The van der Waals surface area contributed by atoms with E-state index in [0.717, 1.165) is 21.5 Å². The molecule has 0 radical (unpaired) electrons. The first-order valence-corrected chi connectivity index (χ1v) is 17.8. The van der Waals surface area contributed by atoms with Gasteiger partial charge in [0.25, 0.3) is 0 Å². The summed E-state index contributed by atoms with van der Waals surface area (Å²) in [6.07, 6.45) is 0.456. The van der Waals surface area contributed by atoms with Crippen LogP contribution in [0.25, 0.3) is 0 Å². The Morgan fingerprint density at radius 2 is 1.23 bits per heavy atom. The molecule has 0 spiro atoms. The summed E-state index contributed by atoms with van der Waals surface area (Å²) in [7, 11) is -3.85. The maximum atomic E-state index is 14.1. The van der Waals surface area contributed by atoms with Gasteiger partial charge in [0.1, 0.15) is 39.8 Å². The molecule has 0 aromatic heterocycles. The van der Waals surface area contributed by atoms with Gasteiger partial charge < -0.3 is 4.74 Å². The molecule has 7 heteroatoms. The van der Waals surface area contributed by atoms with Crippen molar-refractivity contribution in [3.63, 3.8) is 0 Å². The Morgan fingerprint density at radius 1 is 0.791 bits per heavy atom. The zero-order valence-electron chi connectivity index (χ0n) is 24.6. The molecule has 0 saturated carbocycles. The minimum absolute atomic E-state index is 0.195. The number of β-lactam (4-membered cyclic amide) rings is 1. The number of fused-ring (bicyclic) bond motifs is 1. The second-order valence-corrected chi connectivity index (χ2v) is 17.0. The third kappa shape index (κ3) is 5.39. The average Bonchev–Trinajstić information content (AvgIpc) is 3.01. The predicted molar refractivity (Wildman–Crippen MR) is 176 cm³/mol. The van der Waals surface area contributed by atoms with Crippen LogP contribution in [-0.2, 0) is 25.1 Å². The molecule has 218 valence electrons. The number of nitrogens with zero attached hydrogens (tertiary/aromatic N) is 1. The van der Waals surface area contributed by atoms with E-state index in [1.54, 1.807) is 0 Å². The van der Waals surface area contributed by atoms with Crippen LogP contribution in [0.2, 0.25) is 0 Å². The van der Waals surface area contributed by atoms with Crippen molar-refractivity contribution in [2.24, 2.45) is 0 Å². The predicted octanol–water partition coefficient (Wildman–Crippen LogP) is 5.29. The quantitative estimate of drug-likeness (QED) is 0.163. The van der Waals surface area contributed by atoms with Crippen molar-refractivity contribution in [3.05, 3.63) is 138 Å². The van der Waals surface area contributed by atoms with E-state index >= 15 is 0 Å². The summed E-state index contributed by atoms with van der Waals surface area (Å²) in [6, 6.07) is 40.5. The number of benzene rings is 4. The van der Waals surface area contributed by atoms with Gasteiger partial charge in [-0.3, -0.25) is 13.9 Å². The summed E-state index contributed by atoms with van der Waals surface area (Å²) in [5.74, 6) is -1.12. The largest absolute Gasteiger partial charge is 0.455 e. The van der Waals surface area contributed by atoms with Gasteiger partial charge in [-0.1, -0.05) is 84.9 Å². The van der Waals surface area contributed by atoms with Crippen LogP contribution in [0.1, 0.15) is 32.3 Å². The number of amides is 1. The fourth-order valence-corrected chi connectivity index (χ4v) is 12.4. The molecular formula is C36H35NO4PS+. The number of carbonyl (C=O) groups is 2. The Labute approximate surface area is 256 Å². The Balaban J connectivity index is 1.56. The van der Waals surface area contributed by atoms with Crippen molar-refractivity contribution in [1.29, 1.82) is 0 Å². The molecule has 1 unspecified atom stereocenters. The maximum absolute atomic E-state index is 14.1. The minimum atomic E-state index is -2.43. The summed E-state index contributed by atoms with van der Waals surface area (Å²) < 4.78 is 20.0. The van der Waals surface area contributed by atoms with Gasteiger partial charge in [-0.25, -0.2) is 4.79 Å². The summed E-state index contributed by atoms with van der Waals surface area (Å²) in [5, 5.41) is 2.83. The van der Waals surface area contributed by atoms with Crippen molar-refractivity contribution >= 4 is 45.9 Å². The molecule has 6 rings (SSSR count). The molecule has 1 amide bonds. The lowest BCUT2D eigenvalue weighted by atomic mass is 9.88. The summed E-state index contributed by atoms with van der Waals surface area (Å²) in [4.78, 5) is 29.4. The lowest BCUT2D eigenvalue weighted by Gasteiger charge is -2.50. The van der Waals surface area contributed by atoms with E-state index in [9.17, 15) is 13.8 Å². The van der Waals surface area contributed by atoms with Gasteiger partial charge in [0.15, 0.2) is 0 Å². The summed E-state index contributed by atoms with van der Waals surface area (Å²) in [6.45, 7) is 5.47. The Bertz CT molecular complexity index is 1590. The fourth-order valence-electron chi connectivity index (χ4n) is 6.18. The first-order valence-electron chi connectivity index (χ1n) is 14.5. The van der Waals surface area contributed by atoms with Gasteiger partial charge in [0.05, 0.1) is 28.6 Å². The molecule has 3 atom stereocenters. The van der Waals surface area contributed by atoms with Crippen LogP contribution in [-0.4, -0.2) is 43.9 Å². The lowest BCUT2D eigenvalue weighted by molar-refractivity contribution is -0.158. The molecular weight excluding hydrogens is 573 g/mol. The zero-order valence-corrected chi connectivity index (χ0v) is 26.3. The summed E-state index contributed by atoms with van der Waals surface area (Å²) in [5.41, 5.74) is 1.00. The van der Waals surface area contributed by atoms with E-state index in [1.165, 1.54) is 4.90 Å².